The number of anilines is 1. The Morgan fingerprint density at radius 1 is 1.38 bits per heavy atom. The molecular weight excluding hydrogens is 322 g/mol. The van der Waals surface area contributed by atoms with Crippen molar-refractivity contribution in [2.75, 3.05) is 18.5 Å². The van der Waals surface area contributed by atoms with E-state index in [4.69, 9.17) is 4.98 Å². The summed E-state index contributed by atoms with van der Waals surface area (Å²) in [6.45, 7) is 5.22. The van der Waals surface area contributed by atoms with E-state index in [0.717, 1.165) is 29.6 Å². The summed E-state index contributed by atoms with van der Waals surface area (Å²) >= 11 is 1.48. The predicted molar refractivity (Wildman–Crippen MR) is 96.7 cm³/mol. The van der Waals surface area contributed by atoms with E-state index in [0.29, 0.717) is 11.6 Å². The van der Waals surface area contributed by atoms with Crippen molar-refractivity contribution in [3.8, 4) is 0 Å². The third-order valence-corrected chi connectivity index (χ3v) is 5.43. The largest absolute Gasteiger partial charge is 0.354 e. The molecular formula is C17H25N5OS. The van der Waals surface area contributed by atoms with E-state index in [1.165, 1.54) is 24.4 Å². The number of nitrogens with one attached hydrogen (secondary N) is 1. The highest BCUT2D eigenvalue weighted by molar-refractivity contribution is 7.09. The van der Waals surface area contributed by atoms with E-state index in [1.54, 1.807) is 7.05 Å². The molecule has 1 aliphatic rings. The molecule has 2 aromatic rings. The third-order valence-electron chi connectivity index (χ3n) is 4.66. The molecule has 1 fully saturated rings. The lowest BCUT2D eigenvalue weighted by Crippen LogP contribution is -2.34. The Labute approximate surface area is 147 Å². The third kappa shape index (κ3) is 3.05. The van der Waals surface area contributed by atoms with Crippen LogP contribution in [0.5, 0.6) is 0 Å². The van der Waals surface area contributed by atoms with Crippen molar-refractivity contribution >= 4 is 22.6 Å². The normalized spacial score (nSPS) is 18.2. The maximum atomic E-state index is 12.0. The fraction of sp³-hybridized carbons (Fsp3) is 0.588. The minimum absolute atomic E-state index is 0.0517. The maximum Gasteiger partial charge on any atom is 0.267 e. The van der Waals surface area contributed by atoms with E-state index in [9.17, 15) is 4.79 Å². The molecule has 3 heterocycles. The van der Waals surface area contributed by atoms with Crippen LogP contribution in [0.15, 0.2) is 12.1 Å². The fourth-order valence-electron chi connectivity index (χ4n) is 3.26. The van der Waals surface area contributed by atoms with Gasteiger partial charge in [0.2, 0.25) is 5.13 Å². The van der Waals surface area contributed by atoms with Crippen LogP contribution in [0, 0.1) is 0 Å². The summed E-state index contributed by atoms with van der Waals surface area (Å²) in [4.78, 5) is 19.1. The molecule has 0 bridgehead atoms. The van der Waals surface area contributed by atoms with Crippen molar-refractivity contribution in [1.29, 1.82) is 0 Å². The van der Waals surface area contributed by atoms with Crippen LogP contribution in [0.4, 0.5) is 5.13 Å². The van der Waals surface area contributed by atoms with Gasteiger partial charge in [0.15, 0.2) is 0 Å². The Hall–Kier alpha value is -1.89. The molecule has 1 unspecified atom stereocenters. The SMILES string of the molecule is CNC(=O)c1ccc(C2CCCCN2c2nc(C(C)C)ns2)n1C. The van der Waals surface area contributed by atoms with Crippen LogP contribution in [0.25, 0.3) is 0 Å². The molecule has 0 saturated carbocycles. The predicted octanol–water partition coefficient (Wildman–Crippen LogP) is 3.09. The fourth-order valence-corrected chi connectivity index (χ4v) is 4.15. The van der Waals surface area contributed by atoms with Gasteiger partial charge in [-0.3, -0.25) is 4.79 Å². The summed E-state index contributed by atoms with van der Waals surface area (Å²) in [6.07, 6.45) is 3.43. The zero-order chi connectivity index (χ0) is 17.3. The summed E-state index contributed by atoms with van der Waals surface area (Å²) < 4.78 is 6.51. The van der Waals surface area contributed by atoms with Crippen LogP contribution in [0.1, 0.15) is 67.1 Å². The molecule has 1 saturated heterocycles. The molecule has 0 radical (unpaired) electrons. The average Bonchev–Trinajstić information content (AvgIpc) is 3.21. The molecule has 1 N–H and O–H groups in total. The van der Waals surface area contributed by atoms with E-state index >= 15 is 0 Å². The minimum Gasteiger partial charge on any atom is -0.354 e. The van der Waals surface area contributed by atoms with Crippen molar-refractivity contribution in [2.45, 2.75) is 45.1 Å². The van der Waals surface area contributed by atoms with Crippen LogP contribution in [-0.2, 0) is 7.05 Å². The second kappa shape index (κ2) is 6.93. The Kier molecular flexibility index (Phi) is 4.89. The lowest BCUT2D eigenvalue weighted by atomic mass is 10.00. The van der Waals surface area contributed by atoms with Gasteiger partial charge < -0.3 is 14.8 Å². The molecule has 7 heteroatoms. The van der Waals surface area contributed by atoms with Crippen LogP contribution >= 0.6 is 11.5 Å². The number of nitrogens with zero attached hydrogens (tertiary/aromatic N) is 4. The zero-order valence-electron chi connectivity index (χ0n) is 14.7. The molecule has 0 aromatic carbocycles. The molecule has 6 nitrogen and oxygen atoms in total. The van der Waals surface area contributed by atoms with E-state index in [2.05, 4.69) is 34.5 Å². The van der Waals surface area contributed by atoms with Gasteiger partial charge in [0.05, 0.1) is 6.04 Å². The Bertz CT molecular complexity index is 720. The van der Waals surface area contributed by atoms with Crippen LogP contribution in [0.3, 0.4) is 0 Å². The second-order valence-electron chi connectivity index (χ2n) is 6.58. The van der Waals surface area contributed by atoms with Gasteiger partial charge >= 0.3 is 0 Å². The first kappa shape index (κ1) is 17.0. The average molecular weight is 347 g/mol. The van der Waals surface area contributed by atoms with Gasteiger partial charge in [0.1, 0.15) is 11.5 Å². The number of carbonyl (C=O) groups excluding carboxylic acids is 1. The Morgan fingerprint density at radius 2 is 2.17 bits per heavy atom. The van der Waals surface area contributed by atoms with Crippen molar-refractivity contribution in [2.24, 2.45) is 7.05 Å². The Morgan fingerprint density at radius 3 is 2.83 bits per heavy atom. The summed E-state index contributed by atoms with van der Waals surface area (Å²) in [7, 11) is 3.63. The number of rotatable bonds is 4. The molecule has 24 heavy (non-hydrogen) atoms. The van der Waals surface area contributed by atoms with Gasteiger partial charge in [0.25, 0.3) is 5.91 Å². The van der Waals surface area contributed by atoms with Gasteiger partial charge in [-0.15, -0.1) is 0 Å². The van der Waals surface area contributed by atoms with Crippen molar-refractivity contribution < 1.29 is 4.79 Å². The first-order chi connectivity index (χ1) is 11.5. The number of aromatic nitrogens is 3. The van der Waals surface area contributed by atoms with Crippen LogP contribution < -0.4 is 10.2 Å². The zero-order valence-corrected chi connectivity index (χ0v) is 15.6. The minimum atomic E-state index is -0.0517. The number of piperidine rings is 1. The standard InChI is InChI=1S/C17H25N5OS/c1-11(2)15-19-17(24-20-15)22-10-6-5-7-13(22)12-8-9-14(21(12)4)16(23)18-3/h8-9,11,13H,5-7,10H2,1-4H3,(H,18,23). The quantitative estimate of drug-likeness (QED) is 0.923. The second-order valence-corrected chi connectivity index (χ2v) is 7.31. The van der Waals surface area contributed by atoms with Crippen molar-refractivity contribution in [1.82, 2.24) is 19.2 Å². The number of amides is 1. The summed E-state index contributed by atoms with van der Waals surface area (Å²) in [5.74, 6) is 1.20. The van der Waals surface area contributed by atoms with E-state index < -0.39 is 0 Å². The first-order valence-corrected chi connectivity index (χ1v) is 9.28. The summed E-state index contributed by atoms with van der Waals surface area (Å²) in [5, 5.41) is 3.70. The highest BCUT2D eigenvalue weighted by Gasteiger charge is 2.29. The van der Waals surface area contributed by atoms with Crippen molar-refractivity contribution in [3.63, 3.8) is 0 Å². The van der Waals surface area contributed by atoms with Gasteiger partial charge in [-0.25, -0.2) is 4.98 Å². The van der Waals surface area contributed by atoms with Crippen molar-refractivity contribution in [3.05, 3.63) is 29.3 Å². The number of carbonyl (C=O) groups is 1. The van der Waals surface area contributed by atoms with E-state index in [1.807, 2.05) is 17.7 Å². The van der Waals surface area contributed by atoms with Gasteiger partial charge in [-0.1, -0.05) is 13.8 Å². The molecule has 2 aromatic heterocycles. The smallest absolute Gasteiger partial charge is 0.267 e. The van der Waals surface area contributed by atoms with Gasteiger partial charge in [-0.05, 0) is 31.4 Å². The first-order valence-electron chi connectivity index (χ1n) is 8.51. The van der Waals surface area contributed by atoms with Gasteiger partial charge in [0, 0.05) is 43.8 Å². The molecule has 1 aliphatic heterocycles. The van der Waals surface area contributed by atoms with Gasteiger partial charge in [-0.2, -0.15) is 4.37 Å². The highest BCUT2D eigenvalue weighted by Crippen LogP contribution is 2.36. The molecule has 0 aliphatic carbocycles. The monoisotopic (exact) mass is 347 g/mol. The summed E-state index contributed by atoms with van der Waals surface area (Å²) in [6, 6.07) is 4.22. The molecule has 1 amide bonds. The molecule has 0 spiro atoms. The lowest BCUT2D eigenvalue weighted by molar-refractivity contribution is 0.0954. The topological polar surface area (TPSA) is 63.1 Å². The maximum absolute atomic E-state index is 12.0. The molecule has 1 atom stereocenters. The lowest BCUT2D eigenvalue weighted by Gasteiger charge is -2.35. The highest BCUT2D eigenvalue weighted by atomic mass is 32.1. The number of hydrogen-bond donors (Lipinski definition) is 1. The summed E-state index contributed by atoms with van der Waals surface area (Å²) in [5.41, 5.74) is 1.85. The molecule has 130 valence electrons. The van der Waals surface area contributed by atoms with E-state index in [-0.39, 0.29) is 11.9 Å². The molecule has 3 rings (SSSR count). The van der Waals surface area contributed by atoms with Crippen LogP contribution in [-0.4, -0.2) is 33.4 Å². The Balaban J connectivity index is 1.92. The number of hydrogen-bond acceptors (Lipinski definition) is 5. The van der Waals surface area contributed by atoms with Crippen LogP contribution in [0.2, 0.25) is 0 Å².